The standard InChI is InChI=1S/C17H16N4O4/c18-14-12(7-4-8-13(14)21(24)25)17(23)20-10-9-19-16(22)15(20)11-5-2-1-3-6-11/h1-8,15H,9-10,18H2,(H,19,22). The van der Waals surface area contributed by atoms with Gasteiger partial charge in [-0.1, -0.05) is 36.4 Å². The number of carbonyl (C=O) groups is 2. The van der Waals surface area contributed by atoms with E-state index >= 15 is 0 Å². The van der Waals surface area contributed by atoms with Gasteiger partial charge in [-0.25, -0.2) is 0 Å². The number of nitro groups is 1. The van der Waals surface area contributed by atoms with Crippen LogP contribution in [0, 0.1) is 10.1 Å². The first-order valence-corrected chi connectivity index (χ1v) is 7.67. The van der Waals surface area contributed by atoms with Crippen molar-refractivity contribution >= 4 is 23.2 Å². The molecule has 2 aromatic rings. The number of nitrogens with zero attached hydrogens (tertiary/aromatic N) is 2. The first-order chi connectivity index (χ1) is 12.0. The summed E-state index contributed by atoms with van der Waals surface area (Å²) in [4.78, 5) is 37.1. The number of anilines is 1. The number of nitrogens with two attached hydrogens (primary N) is 1. The summed E-state index contributed by atoms with van der Waals surface area (Å²) < 4.78 is 0. The second kappa shape index (κ2) is 6.60. The summed E-state index contributed by atoms with van der Waals surface area (Å²) in [7, 11) is 0. The van der Waals surface area contributed by atoms with Gasteiger partial charge in [0.25, 0.3) is 11.6 Å². The van der Waals surface area contributed by atoms with Crippen LogP contribution in [0.3, 0.4) is 0 Å². The lowest BCUT2D eigenvalue weighted by Crippen LogP contribution is -2.52. The van der Waals surface area contributed by atoms with E-state index in [1.807, 2.05) is 6.07 Å². The molecule has 0 aromatic heterocycles. The smallest absolute Gasteiger partial charge is 0.292 e. The van der Waals surface area contributed by atoms with Gasteiger partial charge in [-0.05, 0) is 11.6 Å². The zero-order valence-electron chi connectivity index (χ0n) is 13.2. The van der Waals surface area contributed by atoms with Gasteiger partial charge in [0.1, 0.15) is 11.7 Å². The molecule has 2 amide bonds. The third-order valence-electron chi connectivity index (χ3n) is 4.10. The number of carbonyl (C=O) groups excluding carboxylic acids is 2. The summed E-state index contributed by atoms with van der Waals surface area (Å²) >= 11 is 0. The number of nitrogen functional groups attached to an aromatic ring is 1. The highest BCUT2D eigenvalue weighted by Crippen LogP contribution is 2.30. The Morgan fingerprint density at radius 3 is 2.60 bits per heavy atom. The van der Waals surface area contributed by atoms with E-state index in [2.05, 4.69) is 5.32 Å². The molecule has 8 nitrogen and oxygen atoms in total. The van der Waals surface area contributed by atoms with E-state index in [-0.39, 0.29) is 29.4 Å². The largest absolute Gasteiger partial charge is 0.393 e. The number of para-hydroxylation sites is 1. The van der Waals surface area contributed by atoms with Crippen molar-refractivity contribution in [3.8, 4) is 0 Å². The third-order valence-corrected chi connectivity index (χ3v) is 4.10. The number of rotatable bonds is 3. The van der Waals surface area contributed by atoms with Gasteiger partial charge in [-0.15, -0.1) is 0 Å². The van der Waals surface area contributed by atoms with Crippen LogP contribution < -0.4 is 11.1 Å². The van der Waals surface area contributed by atoms with Crippen molar-refractivity contribution in [3.05, 3.63) is 69.8 Å². The van der Waals surface area contributed by atoms with Gasteiger partial charge in [-0.3, -0.25) is 19.7 Å². The van der Waals surface area contributed by atoms with Crippen LogP contribution in [0.1, 0.15) is 22.0 Å². The number of benzene rings is 2. The molecule has 0 saturated carbocycles. The first kappa shape index (κ1) is 16.4. The molecule has 1 atom stereocenters. The third kappa shape index (κ3) is 3.01. The highest BCUT2D eigenvalue weighted by Gasteiger charge is 2.36. The van der Waals surface area contributed by atoms with E-state index in [1.165, 1.54) is 23.1 Å². The molecule has 25 heavy (non-hydrogen) atoms. The van der Waals surface area contributed by atoms with Crippen LogP contribution in [0.5, 0.6) is 0 Å². The molecule has 8 heteroatoms. The monoisotopic (exact) mass is 340 g/mol. The van der Waals surface area contributed by atoms with Crippen LogP contribution in [-0.4, -0.2) is 34.7 Å². The zero-order chi connectivity index (χ0) is 18.0. The molecular weight excluding hydrogens is 324 g/mol. The van der Waals surface area contributed by atoms with Crippen molar-refractivity contribution < 1.29 is 14.5 Å². The minimum Gasteiger partial charge on any atom is -0.393 e. The fourth-order valence-corrected chi connectivity index (χ4v) is 2.91. The minimum atomic E-state index is -0.805. The molecule has 0 radical (unpaired) electrons. The summed E-state index contributed by atoms with van der Waals surface area (Å²) in [6, 6.07) is 12.2. The molecule has 1 aliphatic rings. The van der Waals surface area contributed by atoms with Gasteiger partial charge >= 0.3 is 0 Å². The predicted molar refractivity (Wildman–Crippen MR) is 90.7 cm³/mol. The Kier molecular flexibility index (Phi) is 4.34. The topological polar surface area (TPSA) is 119 Å². The fourth-order valence-electron chi connectivity index (χ4n) is 2.91. The van der Waals surface area contributed by atoms with Crippen LogP contribution in [0.15, 0.2) is 48.5 Å². The highest BCUT2D eigenvalue weighted by molar-refractivity contribution is 6.03. The van der Waals surface area contributed by atoms with E-state index in [0.717, 1.165) is 0 Å². The van der Waals surface area contributed by atoms with Crippen LogP contribution in [-0.2, 0) is 4.79 Å². The summed E-state index contributed by atoms with van der Waals surface area (Å²) in [6.07, 6.45) is 0. The second-order valence-electron chi connectivity index (χ2n) is 5.60. The molecule has 2 aromatic carbocycles. The molecule has 0 bridgehead atoms. The van der Waals surface area contributed by atoms with E-state index < -0.39 is 16.9 Å². The summed E-state index contributed by atoms with van der Waals surface area (Å²) in [5, 5.41) is 13.8. The second-order valence-corrected chi connectivity index (χ2v) is 5.60. The zero-order valence-corrected chi connectivity index (χ0v) is 13.2. The van der Waals surface area contributed by atoms with Gasteiger partial charge in [-0.2, -0.15) is 0 Å². The van der Waals surface area contributed by atoms with Gasteiger partial charge in [0.15, 0.2) is 0 Å². The van der Waals surface area contributed by atoms with E-state index in [0.29, 0.717) is 12.1 Å². The first-order valence-electron chi connectivity index (χ1n) is 7.67. The van der Waals surface area contributed by atoms with Crippen LogP contribution >= 0.6 is 0 Å². The van der Waals surface area contributed by atoms with Crippen molar-refractivity contribution in [1.82, 2.24) is 10.2 Å². The van der Waals surface area contributed by atoms with Crippen LogP contribution in [0.4, 0.5) is 11.4 Å². The normalized spacial score (nSPS) is 17.0. The molecular formula is C17H16N4O4. The van der Waals surface area contributed by atoms with Crippen LogP contribution in [0.2, 0.25) is 0 Å². The van der Waals surface area contributed by atoms with Gasteiger partial charge in [0.2, 0.25) is 5.91 Å². The number of hydrogen-bond acceptors (Lipinski definition) is 5. The Morgan fingerprint density at radius 2 is 1.92 bits per heavy atom. The van der Waals surface area contributed by atoms with Gasteiger partial charge < -0.3 is 16.0 Å². The Bertz CT molecular complexity index is 838. The summed E-state index contributed by atoms with van der Waals surface area (Å²) in [6.45, 7) is 0.592. The highest BCUT2D eigenvalue weighted by atomic mass is 16.6. The van der Waals surface area contributed by atoms with E-state index in [4.69, 9.17) is 5.73 Å². The number of nitrogens with one attached hydrogen (secondary N) is 1. The molecule has 3 rings (SSSR count). The van der Waals surface area contributed by atoms with Crippen molar-refractivity contribution in [2.75, 3.05) is 18.8 Å². The van der Waals surface area contributed by atoms with Crippen molar-refractivity contribution in [2.24, 2.45) is 0 Å². The van der Waals surface area contributed by atoms with Gasteiger partial charge in [0.05, 0.1) is 10.5 Å². The van der Waals surface area contributed by atoms with Crippen molar-refractivity contribution in [3.63, 3.8) is 0 Å². The maximum Gasteiger partial charge on any atom is 0.292 e. The lowest BCUT2D eigenvalue weighted by molar-refractivity contribution is -0.383. The average Bonchev–Trinajstić information content (AvgIpc) is 2.61. The Labute approximate surface area is 143 Å². The van der Waals surface area contributed by atoms with E-state index in [9.17, 15) is 19.7 Å². The number of amides is 2. The lowest BCUT2D eigenvalue weighted by atomic mass is 10.0. The molecule has 1 aliphatic heterocycles. The predicted octanol–water partition coefficient (Wildman–Crippen LogP) is 1.49. The average molecular weight is 340 g/mol. The number of nitro benzene ring substituents is 1. The molecule has 1 saturated heterocycles. The summed E-state index contributed by atoms with van der Waals surface area (Å²) in [5.41, 5.74) is 5.97. The lowest BCUT2D eigenvalue weighted by Gasteiger charge is -2.35. The quantitative estimate of drug-likeness (QED) is 0.498. The molecule has 1 heterocycles. The minimum absolute atomic E-state index is 0.0184. The Morgan fingerprint density at radius 1 is 1.20 bits per heavy atom. The molecule has 128 valence electrons. The SMILES string of the molecule is Nc1c(C(=O)N2CCNC(=O)C2c2ccccc2)cccc1[N+](=O)[O-]. The summed E-state index contributed by atoms with van der Waals surface area (Å²) in [5.74, 6) is -0.806. The number of hydrogen-bond donors (Lipinski definition) is 2. The van der Waals surface area contributed by atoms with Gasteiger partial charge in [0, 0.05) is 19.2 Å². The van der Waals surface area contributed by atoms with Crippen LogP contribution in [0.25, 0.3) is 0 Å². The molecule has 1 fully saturated rings. The molecule has 0 aliphatic carbocycles. The molecule has 3 N–H and O–H groups in total. The van der Waals surface area contributed by atoms with Crippen molar-refractivity contribution in [2.45, 2.75) is 6.04 Å². The number of piperazine rings is 1. The molecule has 0 spiro atoms. The fraction of sp³-hybridized carbons (Fsp3) is 0.176. The maximum atomic E-state index is 13.0. The maximum absolute atomic E-state index is 13.0. The Hall–Kier alpha value is -3.42. The van der Waals surface area contributed by atoms with E-state index in [1.54, 1.807) is 24.3 Å². The van der Waals surface area contributed by atoms with Crippen molar-refractivity contribution in [1.29, 1.82) is 0 Å². The molecule has 1 unspecified atom stereocenters. The Balaban J connectivity index is 2.01.